The number of halogens is 1. The second kappa shape index (κ2) is 4.94. The Labute approximate surface area is 104 Å². The molecule has 92 valence electrons. The SMILES string of the molecule is O=C(O)c1ccc(NCC2CC(O)C2)c(Cl)c1. The Hall–Kier alpha value is -1.26. The summed E-state index contributed by atoms with van der Waals surface area (Å²) in [6, 6.07) is 4.62. The fraction of sp³-hybridized carbons (Fsp3) is 0.417. The predicted octanol–water partition coefficient (Wildman–Crippen LogP) is 2.22. The van der Waals surface area contributed by atoms with Gasteiger partial charge >= 0.3 is 5.97 Å². The first-order valence-electron chi connectivity index (χ1n) is 5.51. The quantitative estimate of drug-likeness (QED) is 0.772. The van der Waals surface area contributed by atoms with Crippen LogP contribution in [0.1, 0.15) is 23.2 Å². The van der Waals surface area contributed by atoms with Gasteiger partial charge in [0, 0.05) is 6.54 Å². The first kappa shape index (κ1) is 12.2. The second-order valence-electron chi connectivity index (χ2n) is 4.37. The molecule has 3 N–H and O–H groups in total. The lowest BCUT2D eigenvalue weighted by Gasteiger charge is -2.31. The molecule has 1 aliphatic carbocycles. The molecule has 0 aliphatic heterocycles. The number of aliphatic hydroxyl groups excluding tert-OH is 1. The van der Waals surface area contributed by atoms with Gasteiger partial charge in [0.25, 0.3) is 0 Å². The van der Waals surface area contributed by atoms with E-state index >= 15 is 0 Å². The number of hydrogen-bond acceptors (Lipinski definition) is 3. The van der Waals surface area contributed by atoms with Gasteiger partial charge in [-0.15, -0.1) is 0 Å². The van der Waals surface area contributed by atoms with Crippen LogP contribution < -0.4 is 5.32 Å². The van der Waals surface area contributed by atoms with Crippen LogP contribution in [0.2, 0.25) is 5.02 Å². The van der Waals surface area contributed by atoms with Crippen molar-refractivity contribution in [2.45, 2.75) is 18.9 Å². The smallest absolute Gasteiger partial charge is 0.335 e. The second-order valence-corrected chi connectivity index (χ2v) is 4.78. The largest absolute Gasteiger partial charge is 0.478 e. The molecule has 0 radical (unpaired) electrons. The number of carboxylic acids is 1. The van der Waals surface area contributed by atoms with Gasteiger partial charge in [0.2, 0.25) is 0 Å². The zero-order chi connectivity index (χ0) is 12.4. The van der Waals surface area contributed by atoms with E-state index in [4.69, 9.17) is 21.8 Å². The maximum Gasteiger partial charge on any atom is 0.335 e. The van der Waals surface area contributed by atoms with Gasteiger partial charge in [0.15, 0.2) is 0 Å². The summed E-state index contributed by atoms with van der Waals surface area (Å²) in [5, 5.41) is 21.5. The number of aliphatic hydroxyl groups is 1. The van der Waals surface area contributed by atoms with E-state index in [-0.39, 0.29) is 11.7 Å². The molecule has 0 amide bonds. The number of nitrogens with one attached hydrogen (secondary N) is 1. The first-order valence-corrected chi connectivity index (χ1v) is 5.89. The van der Waals surface area contributed by atoms with Crippen LogP contribution in [0.15, 0.2) is 18.2 Å². The van der Waals surface area contributed by atoms with Crippen molar-refractivity contribution in [3.05, 3.63) is 28.8 Å². The molecule has 0 unspecified atom stereocenters. The van der Waals surface area contributed by atoms with Gasteiger partial charge in [-0.2, -0.15) is 0 Å². The summed E-state index contributed by atoms with van der Waals surface area (Å²) in [6.45, 7) is 0.753. The minimum absolute atomic E-state index is 0.161. The van der Waals surface area contributed by atoms with E-state index in [9.17, 15) is 4.79 Å². The summed E-state index contributed by atoms with van der Waals surface area (Å²) in [6.07, 6.45) is 1.47. The molecule has 1 aliphatic rings. The Morgan fingerprint density at radius 2 is 2.18 bits per heavy atom. The van der Waals surface area contributed by atoms with Gasteiger partial charge in [-0.1, -0.05) is 11.6 Å². The van der Waals surface area contributed by atoms with Crippen molar-refractivity contribution < 1.29 is 15.0 Å². The van der Waals surface area contributed by atoms with Crippen LogP contribution in [0.3, 0.4) is 0 Å². The number of aromatic carboxylic acids is 1. The first-order chi connectivity index (χ1) is 8.06. The average molecular weight is 256 g/mol. The van der Waals surface area contributed by atoms with Crippen LogP contribution >= 0.6 is 11.6 Å². The van der Waals surface area contributed by atoms with E-state index < -0.39 is 5.97 Å². The van der Waals surface area contributed by atoms with Crippen LogP contribution in [-0.2, 0) is 0 Å². The molecule has 1 fully saturated rings. The Balaban J connectivity index is 1.94. The van der Waals surface area contributed by atoms with Gasteiger partial charge in [-0.3, -0.25) is 0 Å². The third-order valence-corrected chi connectivity index (χ3v) is 3.32. The average Bonchev–Trinajstić information content (AvgIpc) is 2.24. The maximum absolute atomic E-state index is 10.7. The number of carbonyl (C=O) groups is 1. The highest BCUT2D eigenvalue weighted by atomic mass is 35.5. The number of hydrogen-bond donors (Lipinski definition) is 3. The molecule has 1 aromatic rings. The number of rotatable bonds is 4. The van der Waals surface area contributed by atoms with Crippen LogP contribution in [0.4, 0.5) is 5.69 Å². The zero-order valence-corrected chi connectivity index (χ0v) is 9.94. The Bertz CT molecular complexity index is 430. The standard InChI is InChI=1S/C12H14ClNO3/c13-10-5-8(12(16)17)1-2-11(10)14-6-7-3-9(15)4-7/h1-2,5,7,9,14-15H,3-4,6H2,(H,16,17). The lowest BCUT2D eigenvalue weighted by molar-refractivity contribution is 0.0486. The monoisotopic (exact) mass is 255 g/mol. The summed E-state index contributed by atoms with van der Waals surface area (Å²) in [4.78, 5) is 10.7. The lowest BCUT2D eigenvalue weighted by Crippen LogP contribution is -2.33. The normalized spacial score (nSPS) is 22.9. The van der Waals surface area contributed by atoms with Crippen molar-refractivity contribution in [1.29, 1.82) is 0 Å². The van der Waals surface area contributed by atoms with Crippen molar-refractivity contribution >= 4 is 23.3 Å². The minimum atomic E-state index is -0.986. The Morgan fingerprint density at radius 1 is 1.47 bits per heavy atom. The van der Waals surface area contributed by atoms with Gasteiger partial charge in [0.05, 0.1) is 22.4 Å². The summed E-state index contributed by atoms with van der Waals surface area (Å²) < 4.78 is 0. The molecule has 1 aromatic carbocycles. The van der Waals surface area contributed by atoms with Crippen molar-refractivity contribution in [3.63, 3.8) is 0 Å². The molecular formula is C12H14ClNO3. The van der Waals surface area contributed by atoms with Gasteiger partial charge in [0.1, 0.15) is 0 Å². The summed E-state index contributed by atoms with van der Waals surface area (Å²) in [5.74, 6) is -0.513. The van der Waals surface area contributed by atoms with Gasteiger partial charge in [-0.25, -0.2) is 4.79 Å². The molecule has 0 heterocycles. The maximum atomic E-state index is 10.7. The van der Waals surface area contributed by atoms with Gasteiger partial charge in [-0.05, 0) is 37.0 Å². The third kappa shape index (κ3) is 2.90. The van der Waals surface area contributed by atoms with Crippen LogP contribution in [0, 0.1) is 5.92 Å². The van der Waals surface area contributed by atoms with Crippen molar-refractivity contribution in [2.24, 2.45) is 5.92 Å². The molecule has 5 heteroatoms. The third-order valence-electron chi connectivity index (χ3n) is 3.01. The fourth-order valence-corrected chi connectivity index (χ4v) is 2.16. The molecule has 2 rings (SSSR count). The molecule has 0 aromatic heterocycles. The number of carboxylic acid groups (broad SMARTS) is 1. The summed E-state index contributed by atoms with van der Waals surface area (Å²) in [7, 11) is 0. The van der Waals surface area contributed by atoms with Crippen molar-refractivity contribution in [1.82, 2.24) is 0 Å². The molecule has 0 saturated heterocycles. The van der Waals surface area contributed by atoms with E-state index in [2.05, 4.69) is 5.32 Å². The van der Waals surface area contributed by atoms with Gasteiger partial charge < -0.3 is 15.5 Å². The van der Waals surface area contributed by atoms with E-state index in [1.54, 1.807) is 6.07 Å². The topological polar surface area (TPSA) is 69.6 Å². The van der Waals surface area contributed by atoms with Crippen molar-refractivity contribution in [3.8, 4) is 0 Å². The molecular weight excluding hydrogens is 242 g/mol. The summed E-state index contributed by atoms with van der Waals surface area (Å²) in [5.41, 5.74) is 0.915. The van der Waals surface area contributed by atoms with Crippen LogP contribution in [-0.4, -0.2) is 28.8 Å². The molecule has 17 heavy (non-hydrogen) atoms. The van der Waals surface area contributed by atoms with Crippen LogP contribution in [0.25, 0.3) is 0 Å². The van der Waals surface area contributed by atoms with E-state index in [0.717, 1.165) is 25.1 Å². The fourth-order valence-electron chi connectivity index (χ4n) is 1.91. The zero-order valence-electron chi connectivity index (χ0n) is 9.19. The van der Waals surface area contributed by atoms with Crippen LogP contribution in [0.5, 0.6) is 0 Å². The molecule has 1 saturated carbocycles. The highest BCUT2D eigenvalue weighted by Crippen LogP contribution is 2.29. The van der Waals surface area contributed by atoms with Crippen molar-refractivity contribution in [2.75, 3.05) is 11.9 Å². The predicted molar refractivity (Wildman–Crippen MR) is 65.6 cm³/mol. The number of benzene rings is 1. The lowest BCUT2D eigenvalue weighted by atomic mass is 9.82. The minimum Gasteiger partial charge on any atom is -0.478 e. The molecule has 4 nitrogen and oxygen atoms in total. The number of anilines is 1. The van der Waals surface area contributed by atoms with E-state index in [1.807, 2.05) is 0 Å². The molecule has 0 bridgehead atoms. The molecule has 0 spiro atoms. The highest BCUT2D eigenvalue weighted by Gasteiger charge is 2.26. The van der Waals surface area contributed by atoms with E-state index in [0.29, 0.717) is 10.9 Å². The summed E-state index contributed by atoms with van der Waals surface area (Å²) >= 11 is 5.97. The Kier molecular flexibility index (Phi) is 3.54. The molecule has 0 atom stereocenters. The highest BCUT2D eigenvalue weighted by molar-refractivity contribution is 6.33. The Morgan fingerprint density at radius 3 is 2.71 bits per heavy atom. The van der Waals surface area contributed by atoms with E-state index in [1.165, 1.54) is 12.1 Å².